The minimum Gasteiger partial charge on any atom is -0.456 e. The second kappa shape index (κ2) is 7.54. The Morgan fingerprint density at radius 2 is 1.90 bits per heavy atom. The minimum atomic E-state index is -0.529. The summed E-state index contributed by atoms with van der Waals surface area (Å²) in [5, 5.41) is 2.79. The lowest BCUT2D eigenvalue weighted by Gasteiger charge is -2.31. The number of hydrogen-bond donors (Lipinski definition) is 1. The van der Waals surface area contributed by atoms with E-state index in [1.54, 1.807) is 12.1 Å². The summed E-state index contributed by atoms with van der Waals surface area (Å²) in [6.45, 7) is -0.252. The Bertz CT molecular complexity index is 800. The van der Waals surface area contributed by atoms with Crippen LogP contribution < -0.4 is 14.8 Å². The number of carbonyl (C=O) groups is 2. The number of nitrogens with one attached hydrogen (secondary N) is 1. The highest BCUT2D eigenvalue weighted by molar-refractivity contribution is 5.93. The van der Waals surface area contributed by atoms with E-state index < -0.39 is 5.79 Å². The molecule has 1 heterocycles. The van der Waals surface area contributed by atoms with Gasteiger partial charge in [-0.05, 0) is 62.0 Å². The maximum absolute atomic E-state index is 12.2. The quantitative estimate of drug-likeness (QED) is 0.742. The maximum Gasteiger partial charge on any atom is 0.306 e. The van der Waals surface area contributed by atoms with Gasteiger partial charge in [-0.25, -0.2) is 0 Å². The van der Waals surface area contributed by atoms with Crippen LogP contribution in [0, 0.1) is 17.8 Å². The highest BCUT2D eigenvalue weighted by Crippen LogP contribution is 2.49. The topological polar surface area (TPSA) is 73.9 Å². The molecule has 6 nitrogen and oxygen atoms in total. The monoisotopic (exact) mass is 399 g/mol. The van der Waals surface area contributed by atoms with E-state index in [2.05, 4.69) is 5.32 Å². The summed E-state index contributed by atoms with van der Waals surface area (Å²) < 4.78 is 17.4. The van der Waals surface area contributed by atoms with E-state index in [1.165, 1.54) is 25.7 Å². The van der Waals surface area contributed by atoms with E-state index in [4.69, 9.17) is 14.2 Å². The third kappa shape index (κ3) is 3.94. The summed E-state index contributed by atoms with van der Waals surface area (Å²) in [6.07, 6.45) is 10.6. The van der Waals surface area contributed by atoms with Gasteiger partial charge in [0.1, 0.15) is 0 Å². The van der Waals surface area contributed by atoms with Gasteiger partial charge in [0.25, 0.3) is 11.7 Å². The molecule has 1 N–H and O–H groups in total. The minimum absolute atomic E-state index is 0.252. The number of benzene rings is 1. The zero-order valence-electron chi connectivity index (χ0n) is 16.8. The van der Waals surface area contributed by atoms with Crippen LogP contribution in [0.15, 0.2) is 18.2 Å². The summed E-state index contributed by atoms with van der Waals surface area (Å²) in [7, 11) is 0. The molecule has 6 heteroatoms. The average molecular weight is 399 g/mol. The van der Waals surface area contributed by atoms with Crippen LogP contribution in [0.3, 0.4) is 0 Å². The molecule has 3 fully saturated rings. The first-order valence-corrected chi connectivity index (χ1v) is 11.1. The predicted octanol–water partition coefficient (Wildman–Crippen LogP) is 4.43. The second-order valence-corrected chi connectivity index (χ2v) is 9.18. The average Bonchev–Trinajstić information content (AvgIpc) is 3.40. The van der Waals surface area contributed by atoms with Crippen LogP contribution in [-0.4, -0.2) is 24.3 Å². The van der Waals surface area contributed by atoms with Gasteiger partial charge in [0.15, 0.2) is 18.1 Å². The number of ether oxygens (including phenoxy) is 3. The van der Waals surface area contributed by atoms with Gasteiger partial charge in [-0.1, -0.05) is 12.8 Å². The molecule has 156 valence electrons. The van der Waals surface area contributed by atoms with E-state index in [9.17, 15) is 9.59 Å². The van der Waals surface area contributed by atoms with Crippen LogP contribution in [0.2, 0.25) is 0 Å². The smallest absolute Gasteiger partial charge is 0.306 e. The molecule has 1 aromatic carbocycles. The molecule has 4 aliphatic rings. The van der Waals surface area contributed by atoms with Gasteiger partial charge in [0, 0.05) is 31.0 Å². The number of carbonyl (C=O) groups excluding carboxylic acids is 2. The van der Waals surface area contributed by atoms with Crippen molar-refractivity contribution in [3.8, 4) is 11.5 Å². The van der Waals surface area contributed by atoms with Gasteiger partial charge in [-0.2, -0.15) is 0 Å². The van der Waals surface area contributed by atoms with Crippen molar-refractivity contribution in [3.05, 3.63) is 18.2 Å². The molecule has 1 spiro atoms. The van der Waals surface area contributed by atoms with Crippen molar-refractivity contribution in [3.63, 3.8) is 0 Å². The molecule has 3 aliphatic carbocycles. The molecule has 2 bridgehead atoms. The molecule has 1 amide bonds. The van der Waals surface area contributed by atoms with Crippen LogP contribution in [0.5, 0.6) is 11.5 Å². The first kappa shape index (κ1) is 18.8. The van der Waals surface area contributed by atoms with Crippen molar-refractivity contribution in [2.75, 3.05) is 11.9 Å². The van der Waals surface area contributed by atoms with E-state index in [-0.39, 0.29) is 18.5 Å². The lowest BCUT2D eigenvalue weighted by atomic mass is 9.86. The molecule has 0 saturated heterocycles. The van der Waals surface area contributed by atoms with Crippen LogP contribution in [0.25, 0.3) is 0 Å². The predicted molar refractivity (Wildman–Crippen MR) is 107 cm³/mol. The van der Waals surface area contributed by atoms with E-state index in [0.717, 1.165) is 43.8 Å². The molecule has 29 heavy (non-hydrogen) atoms. The molecule has 1 aliphatic heterocycles. The standard InChI is InChI=1S/C23H29NO5/c25-21(14-27-22(26)12-17-11-15-4-5-16(17)10-15)24-18-6-7-19-20(13-18)29-23(28-19)8-2-1-3-9-23/h6-7,13,15-17H,1-5,8-12,14H2,(H,24,25)/t15-,16-,17-/m1/s1. The maximum atomic E-state index is 12.2. The first-order valence-electron chi connectivity index (χ1n) is 11.1. The number of hydrogen-bond acceptors (Lipinski definition) is 5. The Morgan fingerprint density at radius 1 is 1.07 bits per heavy atom. The van der Waals surface area contributed by atoms with Crippen molar-refractivity contribution in [2.24, 2.45) is 17.8 Å². The fourth-order valence-corrected chi connectivity index (χ4v) is 5.71. The summed E-state index contributed by atoms with van der Waals surface area (Å²) in [5.74, 6) is 2.20. The van der Waals surface area contributed by atoms with Gasteiger partial charge in [0.05, 0.1) is 0 Å². The van der Waals surface area contributed by atoms with Gasteiger partial charge in [-0.15, -0.1) is 0 Å². The number of anilines is 1. The Balaban J connectivity index is 1.10. The number of amides is 1. The third-order valence-electron chi connectivity index (χ3n) is 7.11. The summed E-state index contributed by atoms with van der Waals surface area (Å²) >= 11 is 0. The largest absolute Gasteiger partial charge is 0.456 e. The Kier molecular flexibility index (Phi) is 4.88. The first-order chi connectivity index (χ1) is 14.1. The lowest BCUT2D eigenvalue weighted by molar-refractivity contribution is -0.148. The van der Waals surface area contributed by atoms with E-state index in [0.29, 0.717) is 29.7 Å². The van der Waals surface area contributed by atoms with Crippen LogP contribution in [0.1, 0.15) is 64.2 Å². The van der Waals surface area contributed by atoms with Crippen molar-refractivity contribution in [1.82, 2.24) is 0 Å². The fourth-order valence-electron chi connectivity index (χ4n) is 5.71. The normalized spacial score (nSPS) is 28.5. The van der Waals surface area contributed by atoms with Crippen LogP contribution in [0.4, 0.5) is 5.69 Å². The Hall–Kier alpha value is -2.24. The number of fused-ring (bicyclic) bond motifs is 3. The summed E-state index contributed by atoms with van der Waals surface area (Å²) in [6, 6.07) is 5.40. The van der Waals surface area contributed by atoms with Gasteiger partial charge >= 0.3 is 5.97 Å². The summed E-state index contributed by atoms with van der Waals surface area (Å²) in [4.78, 5) is 24.3. The fraction of sp³-hybridized carbons (Fsp3) is 0.652. The number of rotatable bonds is 5. The second-order valence-electron chi connectivity index (χ2n) is 9.18. The molecule has 1 aromatic rings. The highest BCUT2D eigenvalue weighted by Gasteiger charge is 2.42. The zero-order chi connectivity index (χ0) is 19.8. The van der Waals surface area contributed by atoms with Crippen molar-refractivity contribution < 1.29 is 23.8 Å². The van der Waals surface area contributed by atoms with Crippen molar-refractivity contribution in [2.45, 2.75) is 70.0 Å². The van der Waals surface area contributed by atoms with Gasteiger partial charge in [0.2, 0.25) is 0 Å². The molecule has 0 radical (unpaired) electrons. The highest BCUT2D eigenvalue weighted by atomic mass is 16.7. The molecule has 3 atom stereocenters. The lowest BCUT2D eigenvalue weighted by Crippen LogP contribution is -2.40. The van der Waals surface area contributed by atoms with E-state index >= 15 is 0 Å². The molecule has 3 saturated carbocycles. The SMILES string of the molecule is O=C(COC(=O)C[C@H]1C[C@@H]2CC[C@@H]1C2)Nc1ccc2c(c1)OC1(CCCCC1)O2. The van der Waals surface area contributed by atoms with Crippen LogP contribution in [-0.2, 0) is 14.3 Å². The van der Waals surface area contributed by atoms with Gasteiger partial charge in [-0.3, -0.25) is 9.59 Å². The molecular formula is C23H29NO5. The summed E-state index contributed by atoms with van der Waals surface area (Å²) in [5.41, 5.74) is 0.620. The zero-order valence-corrected chi connectivity index (χ0v) is 16.8. The third-order valence-corrected chi connectivity index (χ3v) is 7.11. The van der Waals surface area contributed by atoms with E-state index in [1.807, 2.05) is 6.07 Å². The van der Waals surface area contributed by atoms with Gasteiger partial charge < -0.3 is 19.5 Å². The molecular weight excluding hydrogens is 370 g/mol. The van der Waals surface area contributed by atoms with Crippen molar-refractivity contribution >= 4 is 17.6 Å². The molecule has 0 aromatic heterocycles. The van der Waals surface area contributed by atoms with Crippen molar-refractivity contribution in [1.29, 1.82) is 0 Å². The number of esters is 1. The Morgan fingerprint density at radius 3 is 2.66 bits per heavy atom. The molecule has 0 unspecified atom stereocenters. The Labute approximate surface area is 171 Å². The molecule has 5 rings (SSSR count). The van der Waals surface area contributed by atoms with Crippen LogP contribution >= 0.6 is 0 Å².